The number of nitrogens with zero attached hydrogens (tertiary/aromatic N) is 3. The second-order valence-electron chi connectivity index (χ2n) is 9.49. The molecule has 8 nitrogen and oxygen atoms in total. The van der Waals surface area contributed by atoms with E-state index in [-0.39, 0.29) is 29.7 Å². The van der Waals surface area contributed by atoms with E-state index in [0.29, 0.717) is 50.3 Å². The number of fused-ring (bicyclic) bond motifs is 1. The molecule has 3 heterocycles. The molecule has 0 unspecified atom stereocenters. The van der Waals surface area contributed by atoms with Crippen molar-refractivity contribution in [3.8, 4) is 5.75 Å². The van der Waals surface area contributed by atoms with E-state index in [1.54, 1.807) is 16.5 Å². The van der Waals surface area contributed by atoms with Gasteiger partial charge in [0.25, 0.3) is 5.56 Å². The predicted octanol–water partition coefficient (Wildman–Crippen LogP) is 2.17. The summed E-state index contributed by atoms with van der Waals surface area (Å²) in [5.41, 5.74) is 4.48. The van der Waals surface area contributed by atoms with E-state index >= 15 is 0 Å². The number of benzene rings is 1. The first kappa shape index (κ1) is 24.0. The Labute approximate surface area is 200 Å². The predicted molar refractivity (Wildman–Crippen MR) is 128 cm³/mol. The number of aryl methyl sites for hydroxylation is 2. The molecule has 34 heavy (non-hydrogen) atoms. The van der Waals surface area contributed by atoms with Crippen LogP contribution in [-0.2, 0) is 29.0 Å². The Kier molecular flexibility index (Phi) is 7.07. The Hall–Kier alpha value is -3.13. The first-order valence-electron chi connectivity index (χ1n) is 11.8. The summed E-state index contributed by atoms with van der Waals surface area (Å²) in [6, 6.07) is 7.92. The van der Waals surface area contributed by atoms with Gasteiger partial charge in [0, 0.05) is 70.3 Å². The van der Waals surface area contributed by atoms with E-state index in [1.807, 2.05) is 0 Å². The molecule has 8 heteroatoms. The Balaban J connectivity index is 1.57. The largest absolute Gasteiger partial charge is 0.492 e. The molecule has 1 atom stereocenters. The van der Waals surface area contributed by atoms with Crippen LogP contribution in [0.15, 0.2) is 29.1 Å². The minimum absolute atomic E-state index is 0.0258. The molecule has 0 spiro atoms. The fourth-order valence-electron chi connectivity index (χ4n) is 5.08. The van der Waals surface area contributed by atoms with Crippen molar-refractivity contribution in [2.45, 2.75) is 39.8 Å². The van der Waals surface area contributed by atoms with Gasteiger partial charge in [-0.25, -0.2) is 4.79 Å². The van der Waals surface area contributed by atoms with Gasteiger partial charge in [0.05, 0.1) is 13.7 Å². The van der Waals surface area contributed by atoms with E-state index in [2.05, 4.69) is 36.9 Å². The topological polar surface area (TPSA) is 81.1 Å². The first-order chi connectivity index (χ1) is 16.2. The SMILES string of the molecule is COC(=O)c1c(OC[C@@H]2CC(=O)N(C)C2)cc(=O)n2c1CCN(Cc1cc(C)cc(C)c1)CC2. The molecule has 4 rings (SSSR count). The summed E-state index contributed by atoms with van der Waals surface area (Å²) in [6.07, 6.45) is 0.938. The maximum Gasteiger partial charge on any atom is 0.343 e. The van der Waals surface area contributed by atoms with Crippen molar-refractivity contribution in [3.63, 3.8) is 0 Å². The number of amides is 1. The molecule has 182 valence electrons. The van der Waals surface area contributed by atoms with Crippen molar-refractivity contribution in [3.05, 3.63) is 62.6 Å². The number of rotatable bonds is 6. The van der Waals surface area contributed by atoms with Crippen molar-refractivity contribution >= 4 is 11.9 Å². The van der Waals surface area contributed by atoms with Crippen LogP contribution in [0.1, 0.15) is 39.2 Å². The van der Waals surface area contributed by atoms with Gasteiger partial charge in [-0.3, -0.25) is 14.5 Å². The van der Waals surface area contributed by atoms with Gasteiger partial charge in [0.15, 0.2) is 0 Å². The van der Waals surface area contributed by atoms with Crippen LogP contribution >= 0.6 is 0 Å². The molecule has 0 N–H and O–H groups in total. The molecule has 2 aliphatic heterocycles. The average Bonchev–Trinajstić information content (AvgIpc) is 2.96. The summed E-state index contributed by atoms with van der Waals surface area (Å²) >= 11 is 0. The summed E-state index contributed by atoms with van der Waals surface area (Å²) in [4.78, 5) is 41.6. The van der Waals surface area contributed by atoms with E-state index in [1.165, 1.54) is 29.9 Å². The Morgan fingerprint density at radius 3 is 2.44 bits per heavy atom. The fourth-order valence-corrected chi connectivity index (χ4v) is 5.08. The van der Waals surface area contributed by atoms with Gasteiger partial charge in [-0.15, -0.1) is 0 Å². The van der Waals surface area contributed by atoms with Crippen LogP contribution < -0.4 is 10.3 Å². The number of methoxy groups -OCH3 is 1. The van der Waals surface area contributed by atoms with Gasteiger partial charge in [-0.2, -0.15) is 0 Å². The Morgan fingerprint density at radius 2 is 1.79 bits per heavy atom. The molecule has 0 saturated carbocycles. The standard InChI is InChI=1S/C26H33N3O5/c1-17-9-18(2)11-19(10-17)15-28-6-5-21-25(26(32)33-4)22(13-24(31)29(21)8-7-28)34-16-20-12-23(30)27(3)14-20/h9-11,13,20H,5-8,12,14-16H2,1-4H3/t20-/m1/s1. The summed E-state index contributed by atoms with van der Waals surface area (Å²) < 4.78 is 12.7. The number of carbonyl (C=O) groups excluding carboxylic acids is 2. The second kappa shape index (κ2) is 10.0. The van der Waals surface area contributed by atoms with Crippen molar-refractivity contribution in [2.24, 2.45) is 5.92 Å². The van der Waals surface area contributed by atoms with Crippen LogP contribution in [0.3, 0.4) is 0 Å². The first-order valence-corrected chi connectivity index (χ1v) is 11.8. The number of hydrogen-bond donors (Lipinski definition) is 0. The lowest BCUT2D eigenvalue weighted by molar-refractivity contribution is -0.126. The average molecular weight is 468 g/mol. The lowest BCUT2D eigenvalue weighted by Crippen LogP contribution is -2.29. The lowest BCUT2D eigenvalue weighted by atomic mass is 10.1. The number of ether oxygens (including phenoxy) is 2. The minimum atomic E-state index is -0.513. The van der Waals surface area contributed by atoms with Crippen LogP contribution in [0.2, 0.25) is 0 Å². The number of pyridine rings is 1. The third-order valence-corrected chi connectivity index (χ3v) is 6.66. The van der Waals surface area contributed by atoms with E-state index < -0.39 is 5.97 Å². The fraction of sp³-hybridized carbons (Fsp3) is 0.500. The van der Waals surface area contributed by atoms with E-state index in [4.69, 9.17) is 9.47 Å². The Bertz CT molecular complexity index is 1140. The molecule has 2 aliphatic rings. The quantitative estimate of drug-likeness (QED) is 0.606. The molecule has 1 saturated heterocycles. The zero-order chi connectivity index (χ0) is 24.4. The van der Waals surface area contributed by atoms with Crippen LogP contribution in [0.25, 0.3) is 0 Å². The molecule has 1 aromatic carbocycles. The number of aromatic nitrogens is 1. The van der Waals surface area contributed by atoms with Gasteiger partial charge < -0.3 is 18.9 Å². The van der Waals surface area contributed by atoms with Crippen LogP contribution in [-0.4, -0.2) is 66.6 Å². The molecule has 0 aliphatic carbocycles. The molecule has 0 radical (unpaired) electrons. The van der Waals surface area contributed by atoms with Crippen LogP contribution in [0.4, 0.5) is 0 Å². The number of likely N-dealkylation sites (tertiary alicyclic amines) is 1. The number of carbonyl (C=O) groups is 2. The highest BCUT2D eigenvalue weighted by atomic mass is 16.5. The summed E-state index contributed by atoms with van der Waals surface area (Å²) in [6.45, 7) is 7.75. The minimum Gasteiger partial charge on any atom is -0.492 e. The van der Waals surface area contributed by atoms with Crippen molar-refractivity contribution in [1.82, 2.24) is 14.4 Å². The van der Waals surface area contributed by atoms with Crippen LogP contribution in [0, 0.1) is 19.8 Å². The molecular weight excluding hydrogens is 434 g/mol. The molecule has 1 fully saturated rings. The van der Waals surface area contributed by atoms with Crippen LogP contribution in [0.5, 0.6) is 5.75 Å². The van der Waals surface area contributed by atoms with Crippen molar-refractivity contribution in [1.29, 1.82) is 0 Å². The summed E-state index contributed by atoms with van der Waals surface area (Å²) in [5, 5.41) is 0. The third-order valence-electron chi connectivity index (χ3n) is 6.66. The highest BCUT2D eigenvalue weighted by Gasteiger charge is 2.30. The van der Waals surface area contributed by atoms with E-state index in [9.17, 15) is 14.4 Å². The highest BCUT2D eigenvalue weighted by Crippen LogP contribution is 2.26. The zero-order valence-corrected chi connectivity index (χ0v) is 20.4. The summed E-state index contributed by atoms with van der Waals surface area (Å²) in [5.74, 6) is -0.167. The number of esters is 1. The van der Waals surface area contributed by atoms with Gasteiger partial charge in [0.1, 0.15) is 11.3 Å². The second-order valence-corrected chi connectivity index (χ2v) is 9.49. The third kappa shape index (κ3) is 5.17. The van der Waals surface area contributed by atoms with Gasteiger partial charge in [0.2, 0.25) is 5.91 Å². The molecule has 2 aromatic rings. The molecular formula is C26H33N3O5. The maximum absolute atomic E-state index is 13.0. The van der Waals surface area contributed by atoms with Gasteiger partial charge in [-0.05, 0) is 19.4 Å². The van der Waals surface area contributed by atoms with Gasteiger partial charge >= 0.3 is 5.97 Å². The van der Waals surface area contributed by atoms with Gasteiger partial charge in [-0.1, -0.05) is 29.3 Å². The highest BCUT2D eigenvalue weighted by molar-refractivity contribution is 5.93. The van der Waals surface area contributed by atoms with Crippen molar-refractivity contribution < 1.29 is 19.1 Å². The summed E-state index contributed by atoms with van der Waals surface area (Å²) in [7, 11) is 3.10. The molecule has 0 bridgehead atoms. The lowest BCUT2D eigenvalue weighted by Gasteiger charge is -2.20. The normalized spacial score (nSPS) is 18.5. The number of hydrogen-bond acceptors (Lipinski definition) is 6. The molecule has 1 aromatic heterocycles. The molecule has 1 amide bonds. The smallest absolute Gasteiger partial charge is 0.343 e. The van der Waals surface area contributed by atoms with E-state index in [0.717, 1.165) is 6.54 Å². The zero-order valence-electron chi connectivity index (χ0n) is 20.4. The maximum atomic E-state index is 13.0. The van der Waals surface area contributed by atoms with Crippen molar-refractivity contribution in [2.75, 3.05) is 40.4 Å². The monoisotopic (exact) mass is 467 g/mol. The Morgan fingerprint density at radius 1 is 1.06 bits per heavy atom.